The van der Waals surface area contributed by atoms with E-state index < -0.39 is 0 Å². The topological polar surface area (TPSA) is 34.0 Å². The van der Waals surface area contributed by atoms with Gasteiger partial charge in [-0.1, -0.05) is 23.7 Å². The van der Waals surface area contributed by atoms with E-state index in [1.807, 2.05) is 28.2 Å². The van der Waals surface area contributed by atoms with Crippen molar-refractivity contribution in [2.24, 2.45) is 5.92 Å². The Hall–Kier alpha value is -1.13. The predicted octanol–water partition coefficient (Wildman–Crippen LogP) is 2.06. The summed E-state index contributed by atoms with van der Waals surface area (Å²) in [5.41, 5.74) is 0.184. The summed E-state index contributed by atoms with van der Waals surface area (Å²) in [5.74, 6) is 0.655. The van der Waals surface area contributed by atoms with Crippen molar-refractivity contribution in [3.8, 4) is 0 Å². The highest BCUT2D eigenvalue weighted by molar-refractivity contribution is 7.13. The van der Waals surface area contributed by atoms with E-state index in [2.05, 4.69) is 5.32 Å². The highest BCUT2D eigenvalue weighted by Crippen LogP contribution is 2.19. The molecule has 90 valence electrons. The van der Waals surface area contributed by atoms with Gasteiger partial charge >= 0.3 is 0 Å². The first kappa shape index (κ1) is 11.0. The molecule has 2 aromatic rings. The molecule has 2 heterocycles. The highest BCUT2D eigenvalue weighted by atomic mass is 32.1. The Kier molecular flexibility index (Phi) is 2.99. The van der Waals surface area contributed by atoms with E-state index in [1.54, 1.807) is 11.5 Å². The molecule has 0 aliphatic carbocycles. The molecule has 0 radical (unpaired) electrons. The molecule has 0 saturated carbocycles. The molecule has 0 amide bonds. The van der Waals surface area contributed by atoms with E-state index >= 15 is 0 Å². The molecular formula is C13H16N2OS. The van der Waals surface area contributed by atoms with Gasteiger partial charge in [-0.3, -0.25) is 8.75 Å². The number of hydrogen-bond donors (Lipinski definition) is 1. The molecule has 3 rings (SSSR count). The van der Waals surface area contributed by atoms with Crippen LogP contribution in [0.3, 0.4) is 0 Å². The Balaban J connectivity index is 1.89. The average Bonchev–Trinajstić information content (AvgIpc) is 2.68. The maximum Gasteiger partial charge on any atom is 0.268 e. The van der Waals surface area contributed by atoms with Crippen LogP contribution in [0.4, 0.5) is 0 Å². The molecule has 1 fully saturated rings. The summed E-state index contributed by atoms with van der Waals surface area (Å²) in [6.45, 7) is 3.06. The van der Waals surface area contributed by atoms with Crippen LogP contribution >= 0.6 is 11.5 Å². The number of nitrogens with zero attached hydrogens (tertiary/aromatic N) is 1. The second-order valence-corrected chi connectivity index (χ2v) is 5.71. The third-order valence-corrected chi connectivity index (χ3v) is 4.52. The van der Waals surface area contributed by atoms with Crippen molar-refractivity contribution in [2.75, 3.05) is 13.1 Å². The van der Waals surface area contributed by atoms with E-state index in [9.17, 15) is 4.79 Å². The summed E-state index contributed by atoms with van der Waals surface area (Å²) in [7, 11) is 0. The van der Waals surface area contributed by atoms with E-state index in [1.165, 1.54) is 12.8 Å². The minimum absolute atomic E-state index is 0.184. The third-order valence-electron chi connectivity index (χ3n) is 3.44. The first-order chi connectivity index (χ1) is 8.34. The smallest absolute Gasteiger partial charge is 0.268 e. The third kappa shape index (κ3) is 2.15. The van der Waals surface area contributed by atoms with E-state index in [0.29, 0.717) is 5.92 Å². The Morgan fingerprint density at radius 1 is 1.29 bits per heavy atom. The molecule has 4 heteroatoms. The highest BCUT2D eigenvalue weighted by Gasteiger charge is 2.16. The summed E-state index contributed by atoms with van der Waals surface area (Å²) in [4.78, 5) is 12.2. The van der Waals surface area contributed by atoms with Gasteiger partial charge in [-0.05, 0) is 44.0 Å². The number of benzene rings is 1. The van der Waals surface area contributed by atoms with Crippen molar-refractivity contribution in [1.82, 2.24) is 9.27 Å². The molecule has 0 bridgehead atoms. The lowest BCUT2D eigenvalue weighted by atomic mass is 9.98. The van der Waals surface area contributed by atoms with Gasteiger partial charge in [0.25, 0.3) is 5.56 Å². The largest absolute Gasteiger partial charge is 0.317 e. The summed E-state index contributed by atoms with van der Waals surface area (Å²) < 4.78 is 3.03. The molecule has 1 aliphatic rings. The van der Waals surface area contributed by atoms with Crippen LogP contribution in [-0.4, -0.2) is 17.0 Å². The molecular weight excluding hydrogens is 232 g/mol. The number of fused-ring (bicyclic) bond motifs is 1. The van der Waals surface area contributed by atoms with Gasteiger partial charge in [0, 0.05) is 6.54 Å². The minimum atomic E-state index is 0.184. The van der Waals surface area contributed by atoms with Crippen molar-refractivity contribution in [1.29, 1.82) is 0 Å². The van der Waals surface area contributed by atoms with Crippen LogP contribution in [-0.2, 0) is 6.54 Å². The maximum atomic E-state index is 12.2. The zero-order valence-corrected chi connectivity index (χ0v) is 10.5. The molecule has 1 N–H and O–H groups in total. The van der Waals surface area contributed by atoms with Gasteiger partial charge in [0.2, 0.25) is 0 Å². The van der Waals surface area contributed by atoms with Crippen LogP contribution in [0.2, 0.25) is 0 Å². The van der Waals surface area contributed by atoms with Gasteiger partial charge in [0.15, 0.2) is 0 Å². The standard InChI is InChI=1S/C13H16N2OS/c16-13-11-3-1-2-4-12(11)17-15(13)9-10-5-7-14-8-6-10/h1-4,10,14H,5-9H2. The van der Waals surface area contributed by atoms with Gasteiger partial charge in [-0.25, -0.2) is 0 Å². The van der Waals surface area contributed by atoms with E-state index in [-0.39, 0.29) is 5.56 Å². The monoisotopic (exact) mass is 248 g/mol. The summed E-state index contributed by atoms with van der Waals surface area (Å²) in [6.07, 6.45) is 2.36. The molecule has 0 unspecified atom stereocenters. The normalized spacial score (nSPS) is 17.6. The number of aromatic nitrogens is 1. The zero-order valence-electron chi connectivity index (χ0n) is 9.69. The van der Waals surface area contributed by atoms with Crippen molar-refractivity contribution in [3.05, 3.63) is 34.6 Å². The van der Waals surface area contributed by atoms with Crippen molar-refractivity contribution in [3.63, 3.8) is 0 Å². The minimum Gasteiger partial charge on any atom is -0.317 e. The molecule has 1 saturated heterocycles. The second kappa shape index (κ2) is 4.63. The summed E-state index contributed by atoms with van der Waals surface area (Å²) in [5, 5.41) is 4.22. The Morgan fingerprint density at radius 2 is 2.06 bits per heavy atom. The number of rotatable bonds is 2. The van der Waals surface area contributed by atoms with Crippen LogP contribution in [0.15, 0.2) is 29.1 Å². The van der Waals surface area contributed by atoms with Gasteiger partial charge in [-0.15, -0.1) is 0 Å². The summed E-state index contributed by atoms with van der Waals surface area (Å²) in [6, 6.07) is 7.88. The van der Waals surface area contributed by atoms with Crippen LogP contribution in [0.25, 0.3) is 10.1 Å². The van der Waals surface area contributed by atoms with Crippen LogP contribution in [0, 0.1) is 5.92 Å². The number of hydrogen-bond acceptors (Lipinski definition) is 3. The fraction of sp³-hybridized carbons (Fsp3) is 0.462. The first-order valence-electron chi connectivity index (χ1n) is 6.14. The second-order valence-electron chi connectivity index (χ2n) is 4.65. The van der Waals surface area contributed by atoms with Crippen LogP contribution in [0.1, 0.15) is 12.8 Å². The fourth-order valence-electron chi connectivity index (χ4n) is 2.44. The van der Waals surface area contributed by atoms with E-state index in [4.69, 9.17) is 0 Å². The van der Waals surface area contributed by atoms with Crippen molar-refractivity contribution in [2.45, 2.75) is 19.4 Å². The molecule has 1 aromatic heterocycles. The van der Waals surface area contributed by atoms with Gasteiger partial charge < -0.3 is 5.32 Å². The van der Waals surface area contributed by atoms with Gasteiger partial charge in [0.1, 0.15) is 0 Å². The maximum absolute atomic E-state index is 12.2. The first-order valence-corrected chi connectivity index (χ1v) is 6.91. The van der Waals surface area contributed by atoms with Crippen molar-refractivity contribution < 1.29 is 0 Å². The number of nitrogens with one attached hydrogen (secondary N) is 1. The molecule has 0 spiro atoms. The van der Waals surface area contributed by atoms with Crippen LogP contribution in [0.5, 0.6) is 0 Å². The molecule has 1 aromatic carbocycles. The summed E-state index contributed by atoms with van der Waals surface area (Å²) >= 11 is 1.60. The lowest BCUT2D eigenvalue weighted by molar-refractivity contribution is 0.339. The zero-order chi connectivity index (χ0) is 11.7. The Bertz CT molecular complexity index is 566. The average molecular weight is 248 g/mol. The molecule has 17 heavy (non-hydrogen) atoms. The Morgan fingerprint density at radius 3 is 2.82 bits per heavy atom. The SMILES string of the molecule is O=c1c2ccccc2sn1CC1CCNCC1. The quantitative estimate of drug-likeness (QED) is 0.882. The molecule has 3 nitrogen and oxygen atoms in total. The lowest BCUT2D eigenvalue weighted by Crippen LogP contribution is -2.31. The van der Waals surface area contributed by atoms with Crippen LogP contribution < -0.4 is 10.9 Å². The van der Waals surface area contributed by atoms with Crippen molar-refractivity contribution >= 4 is 21.6 Å². The molecule has 1 aliphatic heterocycles. The Labute approximate surface area is 104 Å². The molecule has 0 atom stereocenters. The van der Waals surface area contributed by atoms with Gasteiger partial charge in [-0.2, -0.15) is 0 Å². The fourth-order valence-corrected chi connectivity index (χ4v) is 3.53. The lowest BCUT2D eigenvalue weighted by Gasteiger charge is -2.22. The van der Waals surface area contributed by atoms with Gasteiger partial charge in [0.05, 0.1) is 10.1 Å². The van der Waals surface area contributed by atoms with E-state index in [0.717, 1.165) is 29.7 Å². The number of piperidine rings is 1. The predicted molar refractivity (Wildman–Crippen MR) is 71.7 cm³/mol.